The molecule has 0 unspecified atom stereocenters. The Hall–Kier alpha value is -1.16. The highest BCUT2D eigenvalue weighted by molar-refractivity contribution is 5.12. The van der Waals surface area contributed by atoms with Crippen LogP contribution in [0.25, 0.3) is 0 Å². The smallest absolute Gasteiger partial charge is 0.271 e. The molecule has 0 saturated carbocycles. The van der Waals surface area contributed by atoms with Gasteiger partial charge in [-0.3, -0.25) is 4.79 Å². The zero-order valence-corrected chi connectivity index (χ0v) is 9.87. The molecule has 4 heteroatoms. The Morgan fingerprint density at radius 3 is 2.73 bits per heavy atom. The van der Waals surface area contributed by atoms with Crippen molar-refractivity contribution < 1.29 is 0 Å². The molecule has 4 nitrogen and oxygen atoms in total. The molecule has 0 radical (unpaired) electrons. The number of aromatic nitrogens is 2. The summed E-state index contributed by atoms with van der Waals surface area (Å²) in [6, 6.07) is 1.84. The van der Waals surface area contributed by atoms with Gasteiger partial charge >= 0.3 is 0 Å². The first-order chi connectivity index (χ1) is 7.04. The predicted molar refractivity (Wildman–Crippen MR) is 60.8 cm³/mol. The van der Waals surface area contributed by atoms with E-state index < -0.39 is 0 Å². The van der Waals surface area contributed by atoms with E-state index in [1.54, 1.807) is 4.68 Å². The maximum atomic E-state index is 11.9. The van der Waals surface area contributed by atoms with E-state index >= 15 is 0 Å². The van der Waals surface area contributed by atoms with E-state index in [-0.39, 0.29) is 5.56 Å². The second-order valence-corrected chi connectivity index (χ2v) is 4.22. The van der Waals surface area contributed by atoms with Gasteiger partial charge in [-0.1, -0.05) is 13.8 Å². The third kappa shape index (κ3) is 3.16. The van der Waals surface area contributed by atoms with Gasteiger partial charge in [-0.25, -0.2) is 4.68 Å². The van der Waals surface area contributed by atoms with Gasteiger partial charge in [-0.2, -0.15) is 5.10 Å². The molecular weight excluding hydrogens is 190 g/mol. The van der Waals surface area contributed by atoms with Gasteiger partial charge in [0.2, 0.25) is 0 Å². The molecular formula is C11H19N3O. The average Bonchev–Trinajstić information content (AvgIpc) is 2.12. The van der Waals surface area contributed by atoms with Crippen LogP contribution >= 0.6 is 0 Å². The first kappa shape index (κ1) is 11.9. The van der Waals surface area contributed by atoms with Crippen LogP contribution in [0, 0.1) is 12.8 Å². The summed E-state index contributed by atoms with van der Waals surface area (Å²) in [6.07, 6.45) is 0. The van der Waals surface area contributed by atoms with Crippen LogP contribution in [0.4, 0.5) is 0 Å². The van der Waals surface area contributed by atoms with Crippen molar-refractivity contribution in [3.05, 3.63) is 27.7 Å². The SMILES string of the molecule is CNCc1cc(C)nn(CC(C)C)c1=O. The molecule has 1 aromatic heterocycles. The van der Waals surface area contributed by atoms with Crippen molar-refractivity contribution in [1.82, 2.24) is 15.1 Å². The standard InChI is InChI=1S/C11H19N3O/c1-8(2)7-14-11(15)10(6-12-4)5-9(3)13-14/h5,8,12H,6-7H2,1-4H3. The summed E-state index contributed by atoms with van der Waals surface area (Å²) in [5.74, 6) is 0.430. The molecule has 0 spiro atoms. The van der Waals surface area contributed by atoms with Crippen molar-refractivity contribution in [1.29, 1.82) is 0 Å². The van der Waals surface area contributed by atoms with Crippen molar-refractivity contribution in [3.8, 4) is 0 Å². The van der Waals surface area contributed by atoms with Crippen LogP contribution < -0.4 is 10.9 Å². The number of rotatable bonds is 4. The van der Waals surface area contributed by atoms with Crippen LogP contribution in [-0.2, 0) is 13.1 Å². The minimum atomic E-state index is 0.0173. The fourth-order valence-corrected chi connectivity index (χ4v) is 1.53. The van der Waals surface area contributed by atoms with Gasteiger partial charge in [-0.15, -0.1) is 0 Å². The molecule has 1 aromatic rings. The predicted octanol–water partition coefficient (Wildman–Crippen LogP) is 0.927. The fourth-order valence-electron chi connectivity index (χ4n) is 1.53. The van der Waals surface area contributed by atoms with Crippen molar-refractivity contribution in [2.24, 2.45) is 5.92 Å². The molecule has 15 heavy (non-hydrogen) atoms. The summed E-state index contributed by atoms with van der Waals surface area (Å²) in [5, 5.41) is 7.22. The highest BCUT2D eigenvalue weighted by Crippen LogP contribution is 1.98. The number of nitrogens with one attached hydrogen (secondary N) is 1. The molecule has 1 rings (SSSR count). The minimum absolute atomic E-state index is 0.0173. The molecule has 0 aliphatic carbocycles. The van der Waals surface area contributed by atoms with Crippen LogP contribution in [0.3, 0.4) is 0 Å². The zero-order chi connectivity index (χ0) is 11.4. The Labute approximate surface area is 90.3 Å². The number of nitrogens with zero attached hydrogens (tertiary/aromatic N) is 2. The fraction of sp³-hybridized carbons (Fsp3) is 0.636. The maximum Gasteiger partial charge on any atom is 0.271 e. The summed E-state index contributed by atoms with van der Waals surface area (Å²) < 4.78 is 1.56. The zero-order valence-electron chi connectivity index (χ0n) is 9.87. The molecule has 1 heterocycles. The molecule has 0 aliphatic heterocycles. The van der Waals surface area contributed by atoms with E-state index in [1.807, 2.05) is 20.0 Å². The second kappa shape index (κ2) is 5.07. The second-order valence-electron chi connectivity index (χ2n) is 4.22. The molecule has 0 aliphatic rings. The third-order valence-electron chi connectivity index (χ3n) is 2.08. The Morgan fingerprint density at radius 1 is 1.53 bits per heavy atom. The first-order valence-electron chi connectivity index (χ1n) is 5.26. The first-order valence-corrected chi connectivity index (χ1v) is 5.26. The molecule has 84 valence electrons. The topological polar surface area (TPSA) is 46.9 Å². The number of hydrogen-bond acceptors (Lipinski definition) is 3. The number of hydrogen-bond donors (Lipinski definition) is 1. The van der Waals surface area contributed by atoms with E-state index in [2.05, 4.69) is 24.3 Å². The molecule has 0 fully saturated rings. The van der Waals surface area contributed by atoms with E-state index in [9.17, 15) is 4.79 Å². The number of aryl methyl sites for hydroxylation is 1. The molecule has 0 atom stereocenters. The monoisotopic (exact) mass is 209 g/mol. The summed E-state index contributed by atoms with van der Waals surface area (Å²) in [7, 11) is 1.84. The van der Waals surface area contributed by atoms with Crippen LogP contribution in [0.1, 0.15) is 25.1 Å². The third-order valence-corrected chi connectivity index (χ3v) is 2.08. The van der Waals surface area contributed by atoms with Crippen molar-refractivity contribution in [2.45, 2.75) is 33.9 Å². The van der Waals surface area contributed by atoms with E-state index in [4.69, 9.17) is 0 Å². The summed E-state index contributed by atoms with van der Waals surface area (Å²) in [6.45, 7) is 7.34. The summed E-state index contributed by atoms with van der Waals surface area (Å²) in [4.78, 5) is 11.9. The van der Waals surface area contributed by atoms with Crippen LogP contribution in [0.2, 0.25) is 0 Å². The van der Waals surface area contributed by atoms with Crippen molar-refractivity contribution in [3.63, 3.8) is 0 Å². The van der Waals surface area contributed by atoms with Crippen LogP contribution in [-0.4, -0.2) is 16.8 Å². The van der Waals surface area contributed by atoms with E-state index in [1.165, 1.54) is 0 Å². The molecule has 0 bridgehead atoms. The molecule has 0 saturated heterocycles. The van der Waals surface area contributed by atoms with Gasteiger partial charge in [0.05, 0.1) is 5.69 Å². The lowest BCUT2D eigenvalue weighted by molar-refractivity contribution is 0.456. The highest BCUT2D eigenvalue weighted by Gasteiger charge is 2.06. The van der Waals surface area contributed by atoms with E-state index in [0.717, 1.165) is 11.3 Å². The van der Waals surface area contributed by atoms with Gasteiger partial charge in [0.25, 0.3) is 5.56 Å². The van der Waals surface area contributed by atoms with Gasteiger partial charge < -0.3 is 5.32 Å². The Bertz CT molecular complexity index is 382. The van der Waals surface area contributed by atoms with Gasteiger partial charge in [0.1, 0.15) is 0 Å². The molecule has 0 aromatic carbocycles. The van der Waals surface area contributed by atoms with Crippen molar-refractivity contribution in [2.75, 3.05) is 7.05 Å². The van der Waals surface area contributed by atoms with Gasteiger partial charge in [0.15, 0.2) is 0 Å². The van der Waals surface area contributed by atoms with Crippen LogP contribution in [0.5, 0.6) is 0 Å². The average molecular weight is 209 g/mol. The molecule has 1 N–H and O–H groups in total. The van der Waals surface area contributed by atoms with Gasteiger partial charge in [0, 0.05) is 18.7 Å². The lowest BCUT2D eigenvalue weighted by atomic mass is 10.2. The normalized spacial score (nSPS) is 11.0. The lowest BCUT2D eigenvalue weighted by Gasteiger charge is -2.10. The van der Waals surface area contributed by atoms with Gasteiger partial charge in [-0.05, 0) is 26.0 Å². The Morgan fingerprint density at radius 2 is 2.20 bits per heavy atom. The minimum Gasteiger partial charge on any atom is -0.315 e. The largest absolute Gasteiger partial charge is 0.315 e. The summed E-state index contributed by atoms with van der Waals surface area (Å²) in [5.41, 5.74) is 1.69. The van der Waals surface area contributed by atoms with E-state index in [0.29, 0.717) is 19.0 Å². The lowest BCUT2D eigenvalue weighted by Crippen LogP contribution is -2.30. The maximum absolute atomic E-state index is 11.9. The Balaban J connectivity index is 3.10. The quantitative estimate of drug-likeness (QED) is 0.802. The molecule has 0 amide bonds. The highest BCUT2D eigenvalue weighted by atomic mass is 16.1. The van der Waals surface area contributed by atoms with Crippen LogP contribution in [0.15, 0.2) is 10.9 Å². The Kier molecular flexibility index (Phi) is 4.03. The van der Waals surface area contributed by atoms with Crippen molar-refractivity contribution >= 4 is 0 Å². The summed E-state index contributed by atoms with van der Waals surface area (Å²) >= 11 is 0.